The molecule has 1 aliphatic rings. The van der Waals surface area contributed by atoms with Crippen LogP contribution < -0.4 is 4.90 Å². The Balaban J connectivity index is 2.03. The maximum atomic E-state index is 12.0. The third kappa shape index (κ3) is 3.87. The van der Waals surface area contributed by atoms with Crippen LogP contribution in [0.15, 0.2) is 29.0 Å². The molecule has 24 heavy (non-hydrogen) atoms. The molecule has 0 spiro atoms. The van der Waals surface area contributed by atoms with Crippen LogP contribution in [0.2, 0.25) is 0 Å². The molecule has 1 fully saturated rings. The van der Waals surface area contributed by atoms with Crippen LogP contribution in [-0.4, -0.2) is 68.0 Å². The van der Waals surface area contributed by atoms with Gasteiger partial charge in [0.1, 0.15) is 12.1 Å². The SMILES string of the molecule is CN(C)CCN(c1ncnc2ccc(Br)cc12)C1CCS(=O)(=O)C1. The Morgan fingerprint density at radius 2 is 2.04 bits per heavy atom. The van der Waals surface area contributed by atoms with Crippen molar-refractivity contribution in [1.29, 1.82) is 0 Å². The molecule has 8 heteroatoms. The van der Waals surface area contributed by atoms with Crippen molar-refractivity contribution in [2.75, 3.05) is 43.6 Å². The quantitative estimate of drug-likeness (QED) is 0.747. The van der Waals surface area contributed by atoms with Gasteiger partial charge in [0.25, 0.3) is 0 Å². The maximum Gasteiger partial charge on any atom is 0.152 e. The van der Waals surface area contributed by atoms with Gasteiger partial charge in [0, 0.05) is 29.0 Å². The third-order valence-electron chi connectivity index (χ3n) is 4.29. The smallest absolute Gasteiger partial charge is 0.152 e. The van der Waals surface area contributed by atoms with Gasteiger partial charge in [-0.05, 0) is 38.7 Å². The van der Waals surface area contributed by atoms with Gasteiger partial charge in [-0.1, -0.05) is 15.9 Å². The molecule has 6 nitrogen and oxygen atoms in total. The highest BCUT2D eigenvalue weighted by molar-refractivity contribution is 9.10. The molecule has 3 rings (SSSR count). The number of hydrogen-bond acceptors (Lipinski definition) is 6. The summed E-state index contributed by atoms with van der Waals surface area (Å²) in [6.07, 6.45) is 2.20. The minimum atomic E-state index is -2.96. The minimum absolute atomic E-state index is 0.0352. The average Bonchev–Trinajstić information content (AvgIpc) is 2.87. The van der Waals surface area contributed by atoms with Crippen LogP contribution in [0.25, 0.3) is 10.9 Å². The molecule has 1 aromatic carbocycles. The van der Waals surface area contributed by atoms with Gasteiger partial charge in [-0.3, -0.25) is 0 Å². The first-order valence-corrected chi connectivity index (χ1v) is 10.5. The predicted molar refractivity (Wildman–Crippen MR) is 100 cm³/mol. The maximum absolute atomic E-state index is 12.0. The number of sulfone groups is 1. The van der Waals surface area contributed by atoms with Crippen LogP contribution >= 0.6 is 15.9 Å². The second kappa shape index (κ2) is 6.93. The number of halogens is 1. The van der Waals surface area contributed by atoms with E-state index >= 15 is 0 Å². The summed E-state index contributed by atoms with van der Waals surface area (Å²) in [5.74, 6) is 1.26. The summed E-state index contributed by atoms with van der Waals surface area (Å²) in [5.41, 5.74) is 0.860. The molecule has 1 saturated heterocycles. The molecular formula is C16H21BrN4O2S. The molecule has 1 aliphatic heterocycles. The van der Waals surface area contributed by atoms with Gasteiger partial charge in [-0.25, -0.2) is 18.4 Å². The zero-order chi connectivity index (χ0) is 17.3. The number of nitrogens with zero attached hydrogens (tertiary/aromatic N) is 4. The molecule has 1 unspecified atom stereocenters. The van der Waals surface area contributed by atoms with E-state index in [1.807, 2.05) is 32.3 Å². The van der Waals surface area contributed by atoms with Crippen LogP contribution in [0.3, 0.4) is 0 Å². The minimum Gasteiger partial charge on any atom is -0.351 e. The molecule has 0 aliphatic carbocycles. The van der Waals surface area contributed by atoms with Crippen LogP contribution in [0.4, 0.5) is 5.82 Å². The Bertz CT molecular complexity index is 841. The Kier molecular flexibility index (Phi) is 5.08. The number of aromatic nitrogens is 2. The van der Waals surface area contributed by atoms with Crippen molar-refractivity contribution >= 4 is 42.5 Å². The highest BCUT2D eigenvalue weighted by Crippen LogP contribution is 2.30. The van der Waals surface area contributed by atoms with Gasteiger partial charge < -0.3 is 9.80 Å². The van der Waals surface area contributed by atoms with Crippen molar-refractivity contribution in [3.63, 3.8) is 0 Å². The van der Waals surface area contributed by atoms with Crippen LogP contribution in [0.5, 0.6) is 0 Å². The Morgan fingerprint density at radius 3 is 2.71 bits per heavy atom. The van der Waals surface area contributed by atoms with Crippen molar-refractivity contribution in [3.8, 4) is 0 Å². The summed E-state index contributed by atoms with van der Waals surface area (Å²) >= 11 is 3.50. The first-order chi connectivity index (χ1) is 11.4. The van der Waals surface area contributed by atoms with E-state index in [4.69, 9.17) is 0 Å². The van der Waals surface area contributed by atoms with E-state index in [1.165, 1.54) is 0 Å². The fourth-order valence-corrected chi connectivity index (χ4v) is 5.13. The summed E-state index contributed by atoms with van der Waals surface area (Å²) < 4.78 is 24.9. The normalized spacial score (nSPS) is 19.9. The lowest BCUT2D eigenvalue weighted by Crippen LogP contribution is -2.41. The fraction of sp³-hybridized carbons (Fsp3) is 0.500. The first kappa shape index (κ1) is 17.6. The van der Waals surface area contributed by atoms with E-state index in [-0.39, 0.29) is 17.5 Å². The van der Waals surface area contributed by atoms with Crippen LogP contribution in [0.1, 0.15) is 6.42 Å². The highest BCUT2D eigenvalue weighted by atomic mass is 79.9. The second-order valence-corrected chi connectivity index (χ2v) is 9.56. The molecule has 1 aromatic heterocycles. The molecule has 130 valence electrons. The third-order valence-corrected chi connectivity index (χ3v) is 6.53. The van der Waals surface area contributed by atoms with E-state index in [9.17, 15) is 8.42 Å². The predicted octanol–water partition coefficient (Wildman–Crippen LogP) is 1.95. The molecule has 2 aromatic rings. The van der Waals surface area contributed by atoms with Crippen molar-refractivity contribution in [3.05, 3.63) is 29.0 Å². The lowest BCUT2D eigenvalue weighted by Gasteiger charge is -2.31. The van der Waals surface area contributed by atoms with Gasteiger partial charge in [0.2, 0.25) is 0 Å². The van der Waals surface area contributed by atoms with Crippen LogP contribution in [0, 0.1) is 0 Å². The first-order valence-electron chi connectivity index (χ1n) is 7.88. The van der Waals surface area contributed by atoms with Crippen LogP contribution in [-0.2, 0) is 9.84 Å². The molecule has 0 saturated carbocycles. The van der Waals surface area contributed by atoms with E-state index in [0.717, 1.165) is 34.3 Å². The highest BCUT2D eigenvalue weighted by Gasteiger charge is 2.33. The largest absolute Gasteiger partial charge is 0.351 e. The number of rotatable bonds is 5. The fourth-order valence-electron chi connectivity index (χ4n) is 3.03. The molecule has 0 bridgehead atoms. The lowest BCUT2D eigenvalue weighted by molar-refractivity contribution is 0.406. The zero-order valence-corrected chi connectivity index (χ0v) is 16.2. The summed E-state index contributed by atoms with van der Waals surface area (Å²) in [6, 6.07) is 5.85. The van der Waals surface area contributed by atoms with E-state index in [0.29, 0.717) is 6.42 Å². The summed E-state index contributed by atoms with van der Waals surface area (Å²) in [7, 11) is 1.07. The van der Waals surface area contributed by atoms with Crippen molar-refractivity contribution in [2.24, 2.45) is 0 Å². The van der Waals surface area contributed by atoms with Gasteiger partial charge in [-0.2, -0.15) is 0 Å². The second-order valence-electron chi connectivity index (χ2n) is 6.41. The Hall–Kier alpha value is -1.25. The molecule has 0 amide bonds. The van der Waals surface area contributed by atoms with Gasteiger partial charge in [-0.15, -0.1) is 0 Å². The molecule has 0 radical (unpaired) electrons. The Labute approximate surface area is 150 Å². The molecule has 2 heterocycles. The van der Waals surface area contributed by atoms with Gasteiger partial charge in [0.05, 0.1) is 17.0 Å². The summed E-state index contributed by atoms with van der Waals surface area (Å²) in [5, 5.41) is 0.940. The number of fused-ring (bicyclic) bond motifs is 1. The van der Waals surface area contributed by atoms with E-state index < -0.39 is 9.84 Å². The zero-order valence-electron chi connectivity index (χ0n) is 13.8. The molecule has 1 atom stereocenters. The monoisotopic (exact) mass is 412 g/mol. The van der Waals surface area contributed by atoms with Gasteiger partial charge >= 0.3 is 0 Å². The van der Waals surface area contributed by atoms with E-state index in [2.05, 4.69) is 35.7 Å². The Morgan fingerprint density at radius 1 is 1.25 bits per heavy atom. The molecule has 0 N–H and O–H groups in total. The van der Waals surface area contributed by atoms with E-state index in [1.54, 1.807) is 6.33 Å². The number of likely N-dealkylation sites (N-methyl/N-ethyl adjacent to an activating group) is 1. The number of anilines is 1. The standard InChI is InChI=1S/C16H21BrN4O2S/c1-20(2)6-7-21(13-5-8-24(22,23)10-13)16-14-9-12(17)3-4-15(14)18-11-19-16/h3-4,9,11,13H,5-8,10H2,1-2H3. The average molecular weight is 413 g/mol. The van der Waals surface area contributed by atoms with Crippen molar-refractivity contribution in [2.45, 2.75) is 12.5 Å². The van der Waals surface area contributed by atoms with Crippen molar-refractivity contribution < 1.29 is 8.42 Å². The van der Waals surface area contributed by atoms with Gasteiger partial charge in [0.15, 0.2) is 9.84 Å². The summed E-state index contributed by atoms with van der Waals surface area (Å²) in [4.78, 5) is 13.1. The topological polar surface area (TPSA) is 66.4 Å². The number of benzene rings is 1. The molecular weight excluding hydrogens is 392 g/mol. The number of hydrogen-bond donors (Lipinski definition) is 0. The van der Waals surface area contributed by atoms with Crippen molar-refractivity contribution in [1.82, 2.24) is 14.9 Å². The summed E-state index contributed by atoms with van der Waals surface area (Å²) in [6.45, 7) is 1.56. The lowest BCUT2D eigenvalue weighted by atomic mass is 10.1.